The second kappa shape index (κ2) is 5.25. The first-order valence-electron chi connectivity index (χ1n) is 6.98. The predicted molar refractivity (Wildman–Crippen MR) is 79.1 cm³/mol. The van der Waals surface area contributed by atoms with Crippen LogP contribution in [0.3, 0.4) is 0 Å². The van der Waals surface area contributed by atoms with Crippen molar-refractivity contribution in [1.29, 1.82) is 0 Å². The minimum Gasteiger partial charge on any atom is -0.341 e. The van der Waals surface area contributed by atoms with E-state index in [0.29, 0.717) is 5.91 Å². The molecule has 19 heavy (non-hydrogen) atoms. The summed E-state index contributed by atoms with van der Waals surface area (Å²) in [7, 11) is 0. The maximum absolute atomic E-state index is 12.8. The van der Waals surface area contributed by atoms with E-state index in [9.17, 15) is 4.79 Å². The van der Waals surface area contributed by atoms with Crippen LogP contribution in [0.15, 0.2) is 28.7 Å². The van der Waals surface area contributed by atoms with E-state index in [0.717, 1.165) is 49.9 Å². The molecule has 0 atom stereocenters. The van der Waals surface area contributed by atoms with Crippen LogP contribution >= 0.6 is 15.9 Å². The number of hydrogen-bond acceptors (Lipinski definition) is 2. The fourth-order valence-corrected chi connectivity index (χ4v) is 3.14. The first-order chi connectivity index (χ1) is 9.22. The highest BCUT2D eigenvalue weighted by Crippen LogP contribution is 2.49. The van der Waals surface area contributed by atoms with Crippen LogP contribution in [0.2, 0.25) is 0 Å². The molecule has 1 aliphatic heterocycles. The smallest absolute Gasteiger partial charge is 0.233 e. The lowest BCUT2D eigenvalue weighted by Gasteiger charge is -2.26. The Kier molecular flexibility index (Phi) is 3.63. The molecule has 1 amide bonds. The molecule has 1 aromatic carbocycles. The van der Waals surface area contributed by atoms with Crippen molar-refractivity contribution in [1.82, 2.24) is 10.2 Å². The summed E-state index contributed by atoms with van der Waals surface area (Å²) in [4.78, 5) is 14.9. The average Bonchev–Trinajstić information content (AvgIpc) is 3.24. The van der Waals surface area contributed by atoms with Crippen LogP contribution in [0.4, 0.5) is 0 Å². The van der Waals surface area contributed by atoms with Crippen molar-refractivity contribution < 1.29 is 4.79 Å². The predicted octanol–water partition coefficient (Wildman–Crippen LogP) is 2.30. The maximum atomic E-state index is 12.8. The number of nitrogens with one attached hydrogen (secondary N) is 1. The summed E-state index contributed by atoms with van der Waals surface area (Å²) in [6.45, 7) is 3.68. The Hall–Kier alpha value is -0.870. The molecule has 0 aromatic heterocycles. The highest BCUT2D eigenvalue weighted by molar-refractivity contribution is 9.10. The number of halogens is 1. The van der Waals surface area contributed by atoms with Crippen molar-refractivity contribution in [3.05, 3.63) is 34.3 Å². The zero-order valence-electron chi connectivity index (χ0n) is 11.0. The van der Waals surface area contributed by atoms with E-state index in [2.05, 4.69) is 38.3 Å². The quantitative estimate of drug-likeness (QED) is 0.906. The summed E-state index contributed by atoms with van der Waals surface area (Å²) in [5, 5.41) is 3.35. The van der Waals surface area contributed by atoms with Crippen LogP contribution in [-0.4, -0.2) is 37.0 Å². The molecule has 2 aliphatic rings. The van der Waals surface area contributed by atoms with Crippen molar-refractivity contribution in [2.45, 2.75) is 24.7 Å². The summed E-state index contributed by atoms with van der Waals surface area (Å²) in [6.07, 6.45) is 3.05. The Morgan fingerprint density at radius 3 is 2.58 bits per heavy atom. The van der Waals surface area contributed by atoms with Crippen LogP contribution in [0.25, 0.3) is 0 Å². The van der Waals surface area contributed by atoms with E-state index in [-0.39, 0.29) is 5.41 Å². The summed E-state index contributed by atoms with van der Waals surface area (Å²) >= 11 is 3.45. The molecule has 3 rings (SSSR count). The molecule has 3 nitrogen and oxygen atoms in total. The first-order valence-corrected chi connectivity index (χ1v) is 7.78. The molecule has 1 N–H and O–H groups in total. The van der Waals surface area contributed by atoms with Gasteiger partial charge in [-0.3, -0.25) is 4.79 Å². The van der Waals surface area contributed by atoms with E-state index in [1.54, 1.807) is 0 Å². The molecule has 4 heteroatoms. The summed E-state index contributed by atoms with van der Waals surface area (Å²) in [6, 6.07) is 8.25. The van der Waals surface area contributed by atoms with E-state index in [1.165, 1.54) is 5.56 Å². The molecule has 1 aliphatic carbocycles. The zero-order valence-corrected chi connectivity index (χ0v) is 12.6. The highest BCUT2D eigenvalue weighted by atomic mass is 79.9. The third kappa shape index (κ3) is 2.56. The molecule has 1 saturated carbocycles. The SMILES string of the molecule is O=C(N1CCCNCC1)C1(c2ccc(Br)cc2)CC1. The Labute approximate surface area is 122 Å². The van der Waals surface area contributed by atoms with Gasteiger partial charge in [0.05, 0.1) is 5.41 Å². The van der Waals surface area contributed by atoms with Gasteiger partial charge in [-0.15, -0.1) is 0 Å². The summed E-state index contributed by atoms with van der Waals surface area (Å²) < 4.78 is 1.07. The molecule has 102 valence electrons. The molecule has 1 saturated heterocycles. The maximum Gasteiger partial charge on any atom is 0.233 e. The second-order valence-corrected chi connectivity index (χ2v) is 6.40. The molecular formula is C15H19BrN2O. The monoisotopic (exact) mass is 322 g/mol. The number of carbonyl (C=O) groups is 1. The minimum absolute atomic E-state index is 0.217. The van der Waals surface area contributed by atoms with Crippen molar-refractivity contribution in [3.63, 3.8) is 0 Å². The van der Waals surface area contributed by atoms with Crippen LogP contribution in [0, 0.1) is 0 Å². The molecule has 1 heterocycles. The normalized spacial score (nSPS) is 21.8. The average molecular weight is 323 g/mol. The van der Waals surface area contributed by atoms with Crippen LogP contribution in [-0.2, 0) is 10.2 Å². The van der Waals surface area contributed by atoms with Crippen molar-refractivity contribution in [3.8, 4) is 0 Å². The summed E-state index contributed by atoms with van der Waals surface area (Å²) in [5.74, 6) is 0.332. The molecule has 1 aromatic rings. The van der Waals surface area contributed by atoms with E-state index in [4.69, 9.17) is 0 Å². The van der Waals surface area contributed by atoms with Crippen molar-refractivity contribution in [2.24, 2.45) is 0 Å². The van der Waals surface area contributed by atoms with E-state index < -0.39 is 0 Å². The van der Waals surface area contributed by atoms with Crippen LogP contribution in [0.5, 0.6) is 0 Å². The van der Waals surface area contributed by atoms with Gasteiger partial charge in [0.25, 0.3) is 0 Å². The van der Waals surface area contributed by atoms with Gasteiger partial charge in [-0.2, -0.15) is 0 Å². The standard InChI is InChI=1S/C15H19BrN2O/c16-13-4-2-12(3-5-13)15(6-7-15)14(19)18-10-1-8-17-9-11-18/h2-5,17H,1,6-11H2. The Bertz CT molecular complexity index is 460. The Morgan fingerprint density at radius 1 is 1.16 bits per heavy atom. The molecule has 0 spiro atoms. The lowest BCUT2D eigenvalue weighted by Crippen LogP contribution is -2.41. The number of hydrogen-bond donors (Lipinski definition) is 1. The molecule has 0 radical (unpaired) electrons. The Balaban J connectivity index is 1.80. The lowest BCUT2D eigenvalue weighted by atomic mass is 9.94. The van der Waals surface area contributed by atoms with Gasteiger partial charge in [0.1, 0.15) is 0 Å². The summed E-state index contributed by atoms with van der Waals surface area (Å²) in [5.41, 5.74) is 0.961. The van der Waals surface area contributed by atoms with Gasteiger partial charge >= 0.3 is 0 Å². The number of carbonyl (C=O) groups excluding carboxylic acids is 1. The second-order valence-electron chi connectivity index (χ2n) is 5.48. The molecule has 0 unspecified atom stereocenters. The number of nitrogens with zero attached hydrogens (tertiary/aromatic N) is 1. The number of rotatable bonds is 2. The number of amides is 1. The zero-order chi connectivity index (χ0) is 13.3. The van der Waals surface area contributed by atoms with Gasteiger partial charge < -0.3 is 10.2 Å². The third-order valence-corrected chi connectivity index (χ3v) is 4.71. The highest BCUT2D eigenvalue weighted by Gasteiger charge is 2.52. The fourth-order valence-electron chi connectivity index (χ4n) is 2.87. The first kappa shape index (κ1) is 13.1. The largest absolute Gasteiger partial charge is 0.341 e. The molecule has 0 bridgehead atoms. The van der Waals surface area contributed by atoms with E-state index >= 15 is 0 Å². The number of benzene rings is 1. The van der Waals surface area contributed by atoms with Crippen LogP contribution in [0.1, 0.15) is 24.8 Å². The molecular weight excluding hydrogens is 304 g/mol. The van der Waals surface area contributed by atoms with E-state index in [1.807, 2.05) is 12.1 Å². The Morgan fingerprint density at radius 2 is 1.89 bits per heavy atom. The van der Waals surface area contributed by atoms with Gasteiger partial charge in [0, 0.05) is 24.1 Å². The minimum atomic E-state index is -0.217. The fraction of sp³-hybridized carbons (Fsp3) is 0.533. The van der Waals surface area contributed by atoms with Gasteiger partial charge in [-0.25, -0.2) is 0 Å². The van der Waals surface area contributed by atoms with Gasteiger partial charge in [-0.1, -0.05) is 28.1 Å². The van der Waals surface area contributed by atoms with Gasteiger partial charge in [-0.05, 0) is 43.5 Å². The van der Waals surface area contributed by atoms with Crippen molar-refractivity contribution in [2.75, 3.05) is 26.2 Å². The topological polar surface area (TPSA) is 32.3 Å². The molecule has 2 fully saturated rings. The van der Waals surface area contributed by atoms with Gasteiger partial charge in [0.2, 0.25) is 5.91 Å². The third-order valence-electron chi connectivity index (χ3n) is 4.18. The van der Waals surface area contributed by atoms with Crippen LogP contribution < -0.4 is 5.32 Å². The van der Waals surface area contributed by atoms with Crippen molar-refractivity contribution >= 4 is 21.8 Å². The lowest BCUT2D eigenvalue weighted by molar-refractivity contribution is -0.133. The van der Waals surface area contributed by atoms with Gasteiger partial charge in [0.15, 0.2) is 0 Å².